The van der Waals surface area contributed by atoms with Crippen molar-refractivity contribution in [3.8, 4) is 5.75 Å². The van der Waals surface area contributed by atoms with E-state index in [1.807, 2.05) is 24.3 Å². The van der Waals surface area contributed by atoms with Crippen molar-refractivity contribution < 1.29 is 13.5 Å². The molecule has 1 aromatic carbocycles. The maximum absolute atomic E-state index is 12.1. The summed E-state index contributed by atoms with van der Waals surface area (Å²) in [5.74, 6) is 0.269. The highest BCUT2D eigenvalue weighted by Crippen LogP contribution is 2.26. The molecule has 88 valence electrons. The summed E-state index contributed by atoms with van der Waals surface area (Å²) < 4.78 is 28.8. The van der Waals surface area contributed by atoms with Gasteiger partial charge in [0.15, 0.2) is 0 Å². The van der Waals surface area contributed by atoms with E-state index in [2.05, 4.69) is 20.7 Å². The second kappa shape index (κ2) is 5.99. The summed E-state index contributed by atoms with van der Waals surface area (Å²) in [6.07, 6.45) is 3.88. The third kappa shape index (κ3) is 3.59. The fourth-order valence-corrected chi connectivity index (χ4v) is 1.72. The molecule has 0 aromatic heterocycles. The molecule has 0 radical (unpaired) electrons. The van der Waals surface area contributed by atoms with Crippen LogP contribution >= 0.6 is 15.9 Å². The SMILES string of the molecule is Cc1cc(C=CCBr)cc(C)c1OC(F)F. The average molecular weight is 291 g/mol. The van der Waals surface area contributed by atoms with E-state index in [4.69, 9.17) is 0 Å². The molecular formula is C12H13BrF2O. The van der Waals surface area contributed by atoms with E-state index < -0.39 is 6.61 Å². The highest BCUT2D eigenvalue weighted by Gasteiger charge is 2.10. The van der Waals surface area contributed by atoms with Gasteiger partial charge in [0.2, 0.25) is 0 Å². The van der Waals surface area contributed by atoms with Crippen molar-refractivity contribution in [2.24, 2.45) is 0 Å². The van der Waals surface area contributed by atoms with Crippen molar-refractivity contribution in [3.63, 3.8) is 0 Å². The lowest BCUT2D eigenvalue weighted by Crippen LogP contribution is -2.05. The number of hydrogen-bond donors (Lipinski definition) is 0. The summed E-state index contributed by atoms with van der Waals surface area (Å²) in [6.45, 7) is 0.744. The quantitative estimate of drug-likeness (QED) is 0.751. The first-order chi connectivity index (χ1) is 7.54. The molecule has 0 heterocycles. The zero-order chi connectivity index (χ0) is 12.1. The number of halogens is 3. The van der Waals surface area contributed by atoms with Crippen LogP contribution in [0.5, 0.6) is 5.75 Å². The Morgan fingerprint density at radius 3 is 2.31 bits per heavy atom. The molecule has 0 aliphatic heterocycles. The van der Waals surface area contributed by atoms with Gasteiger partial charge in [-0.05, 0) is 42.7 Å². The van der Waals surface area contributed by atoms with Crippen molar-refractivity contribution in [1.82, 2.24) is 0 Å². The molecule has 0 amide bonds. The third-order valence-electron chi connectivity index (χ3n) is 2.09. The first-order valence-electron chi connectivity index (χ1n) is 4.83. The summed E-state index contributed by atoms with van der Waals surface area (Å²) in [6, 6.07) is 3.65. The molecule has 0 saturated heterocycles. The fourth-order valence-electron chi connectivity index (χ4n) is 1.54. The summed E-state index contributed by atoms with van der Waals surface area (Å²) >= 11 is 3.28. The zero-order valence-corrected chi connectivity index (χ0v) is 10.7. The van der Waals surface area contributed by atoms with Crippen LogP contribution in [0.15, 0.2) is 18.2 Å². The molecule has 0 bridgehead atoms. The van der Waals surface area contributed by atoms with Gasteiger partial charge in [-0.15, -0.1) is 0 Å². The summed E-state index contributed by atoms with van der Waals surface area (Å²) in [4.78, 5) is 0. The molecule has 0 saturated carbocycles. The van der Waals surface area contributed by atoms with Gasteiger partial charge in [-0.25, -0.2) is 0 Å². The lowest BCUT2D eigenvalue weighted by molar-refractivity contribution is -0.0507. The van der Waals surface area contributed by atoms with Crippen molar-refractivity contribution in [1.29, 1.82) is 0 Å². The Morgan fingerprint density at radius 2 is 1.88 bits per heavy atom. The number of rotatable bonds is 4. The van der Waals surface area contributed by atoms with E-state index in [1.165, 1.54) is 0 Å². The maximum atomic E-state index is 12.1. The highest BCUT2D eigenvalue weighted by atomic mass is 79.9. The largest absolute Gasteiger partial charge is 0.434 e. The van der Waals surface area contributed by atoms with Crippen LogP contribution in [0.3, 0.4) is 0 Å². The lowest BCUT2D eigenvalue weighted by Gasteiger charge is -2.12. The molecule has 0 fully saturated rings. The van der Waals surface area contributed by atoms with Crippen LogP contribution in [-0.2, 0) is 0 Å². The van der Waals surface area contributed by atoms with Gasteiger partial charge in [-0.1, -0.05) is 28.1 Å². The van der Waals surface area contributed by atoms with E-state index in [-0.39, 0.29) is 5.75 Å². The van der Waals surface area contributed by atoms with E-state index in [1.54, 1.807) is 13.8 Å². The van der Waals surface area contributed by atoms with Gasteiger partial charge < -0.3 is 4.74 Å². The minimum atomic E-state index is -2.78. The standard InChI is InChI=1S/C12H13BrF2O/c1-8-6-10(4-3-5-13)7-9(2)11(8)16-12(14)15/h3-4,6-7,12H,5H2,1-2H3. The van der Waals surface area contributed by atoms with Gasteiger partial charge in [0, 0.05) is 5.33 Å². The van der Waals surface area contributed by atoms with Crippen molar-refractivity contribution in [2.75, 3.05) is 5.33 Å². The number of allylic oxidation sites excluding steroid dienone is 1. The number of aryl methyl sites for hydroxylation is 2. The van der Waals surface area contributed by atoms with Gasteiger partial charge in [0.1, 0.15) is 5.75 Å². The Bertz CT molecular complexity index is 366. The first-order valence-corrected chi connectivity index (χ1v) is 5.95. The predicted octanol–water partition coefficient (Wildman–Crippen LogP) is 4.31. The summed E-state index contributed by atoms with van der Waals surface area (Å²) in [5.41, 5.74) is 2.42. The molecule has 0 unspecified atom stereocenters. The highest BCUT2D eigenvalue weighted by molar-refractivity contribution is 9.09. The summed E-state index contributed by atoms with van der Waals surface area (Å²) in [7, 11) is 0. The second-order valence-corrected chi connectivity index (χ2v) is 4.07. The third-order valence-corrected chi connectivity index (χ3v) is 2.46. The lowest BCUT2D eigenvalue weighted by atomic mass is 10.1. The zero-order valence-electron chi connectivity index (χ0n) is 9.14. The normalized spacial score (nSPS) is 11.4. The molecule has 1 rings (SSSR count). The Morgan fingerprint density at radius 1 is 1.31 bits per heavy atom. The van der Waals surface area contributed by atoms with Crippen LogP contribution in [0.2, 0.25) is 0 Å². The van der Waals surface area contributed by atoms with Gasteiger partial charge in [0.05, 0.1) is 0 Å². The van der Waals surface area contributed by atoms with Crippen LogP contribution in [-0.4, -0.2) is 11.9 Å². The monoisotopic (exact) mass is 290 g/mol. The summed E-state index contributed by atoms with van der Waals surface area (Å²) in [5, 5.41) is 0.764. The molecule has 0 atom stereocenters. The molecule has 1 aromatic rings. The average Bonchev–Trinajstić information content (AvgIpc) is 2.20. The molecule has 16 heavy (non-hydrogen) atoms. The predicted molar refractivity (Wildman–Crippen MR) is 65.4 cm³/mol. The van der Waals surface area contributed by atoms with Crippen LogP contribution in [0.25, 0.3) is 6.08 Å². The second-order valence-electron chi connectivity index (χ2n) is 3.42. The number of hydrogen-bond acceptors (Lipinski definition) is 1. The van der Waals surface area contributed by atoms with Crippen LogP contribution in [0.1, 0.15) is 16.7 Å². The minimum absolute atomic E-state index is 0.269. The van der Waals surface area contributed by atoms with Crippen LogP contribution < -0.4 is 4.74 Å². The maximum Gasteiger partial charge on any atom is 0.387 e. The fraction of sp³-hybridized carbons (Fsp3) is 0.333. The molecule has 4 heteroatoms. The van der Waals surface area contributed by atoms with Gasteiger partial charge in [-0.3, -0.25) is 0 Å². The van der Waals surface area contributed by atoms with Crippen molar-refractivity contribution >= 4 is 22.0 Å². The molecule has 0 spiro atoms. The minimum Gasteiger partial charge on any atom is -0.434 e. The Hall–Kier alpha value is -0.900. The first kappa shape index (κ1) is 13.2. The molecule has 0 N–H and O–H groups in total. The molecule has 0 aliphatic rings. The Kier molecular flexibility index (Phi) is 4.93. The number of alkyl halides is 3. The van der Waals surface area contributed by atoms with Gasteiger partial charge in [-0.2, -0.15) is 8.78 Å². The van der Waals surface area contributed by atoms with Crippen molar-refractivity contribution in [2.45, 2.75) is 20.5 Å². The van der Waals surface area contributed by atoms with E-state index in [0.717, 1.165) is 22.0 Å². The number of benzene rings is 1. The van der Waals surface area contributed by atoms with Gasteiger partial charge in [0.25, 0.3) is 0 Å². The van der Waals surface area contributed by atoms with Crippen LogP contribution in [0, 0.1) is 13.8 Å². The molecular weight excluding hydrogens is 278 g/mol. The van der Waals surface area contributed by atoms with Crippen LogP contribution in [0.4, 0.5) is 8.78 Å². The van der Waals surface area contributed by atoms with E-state index in [9.17, 15) is 8.78 Å². The van der Waals surface area contributed by atoms with Gasteiger partial charge >= 0.3 is 6.61 Å². The van der Waals surface area contributed by atoms with Crippen molar-refractivity contribution in [3.05, 3.63) is 34.9 Å². The Labute approximate surface area is 102 Å². The molecule has 1 nitrogen and oxygen atoms in total. The topological polar surface area (TPSA) is 9.23 Å². The Balaban J connectivity index is 3.02. The van der Waals surface area contributed by atoms with E-state index in [0.29, 0.717) is 0 Å². The van der Waals surface area contributed by atoms with E-state index >= 15 is 0 Å². The molecule has 0 aliphatic carbocycles. The number of ether oxygens (including phenoxy) is 1. The smallest absolute Gasteiger partial charge is 0.387 e.